The Bertz CT molecular complexity index is 809. The maximum Gasteiger partial charge on any atom is 0.253 e. The first kappa shape index (κ1) is 18.2. The Labute approximate surface area is 152 Å². The summed E-state index contributed by atoms with van der Waals surface area (Å²) in [6.45, 7) is 5.38. The number of aliphatic hydroxyl groups is 1. The normalized spacial score (nSPS) is 17.7. The molecular formula is C20H24N2O4. The van der Waals surface area contributed by atoms with E-state index >= 15 is 0 Å². The van der Waals surface area contributed by atoms with Crippen LogP contribution in [0.3, 0.4) is 0 Å². The van der Waals surface area contributed by atoms with Crippen molar-refractivity contribution in [2.45, 2.75) is 38.2 Å². The van der Waals surface area contributed by atoms with Crippen LogP contribution in [0.2, 0.25) is 0 Å². The van der Waals surface area contributed by atoms with E-state index in [4.69, 9.17) is 4.42 Å². The Kier molecular flexibility index (Phi) is 4.63. The maximum absolute atomic E-state index is 12.8. The lowest BCUT2D eigenvalue weighted by molar-refractivity contribution is -0.137. The molecule has 0 spiro atoms. The molecule has 26 heavy (non-hydrogen) atoms. The molecule has 0 saturated heterocycles. The van der Waals surface area contributed by atoms with Gasteiger partial charge in [-0.1, -0.05) is 18.2 Å². The highest BCUT2D eigenvalue weighted by atomic mass is 16.3. The van der Waals surface area contributed by atoms with E-state index in [0.29, 0.717) is 13.0 Å². The van der Waals surface area contributed by atoms with E-state index in [1.807, 2.05) is 44.2 Å². The molecule has 0 aliphatic carbocycles. The molecule has 2 N–H and O–H groups in total. The van der Waals surface area contributed by atoms with Gasteiger partial charge in [-0.05, 0) is 44.5 Å². The van der Waals surface area contributed by atoms with Crippen LogP contribution in [0.1, 0.15) is 32.1 Å². The number of β-amino-alcohol motifs (C(OH)–C–C–N with tert-alkyl or cyclic N) is 1. The molecule has 0 bridgehead atoms. The third-order valence-electron chi connectivity index (χ3n) is 4.84. The lowest BCUT2D eigenvalue weighted by Gasteiger charge is -2.29. The number of fused-ring (bicyclic) bond motifs is 1. The fourth-order valence-corrected chi connectivity index (χ4v) is 3.28. The molecule has 2 heterocycles. The smallest absolute Gasteiger partial charge is 0.253 e. The summed E-state index contributed by atoms with van der Waals surface area (Å²) in [4.78, 5) is 26.8. The molecule has 2 aromatic rings. The number of carbonyl (C=O) groups excluding carboxylic acids is 2. The summed E-state index contributed by atoms with van der Waals surface area (Å²) >= 11 is 0. The van der Waals surface area contributed by atoms with Gasteiger partial charge in [0.25, 0.3) is 5.91 Å². The number of hydrogen-bond acceptors (Lipinski definition) is 4. The molecule has 0 fully saturated rings. The van der Waals surface area contributed by atoms with Crippen molar-refractivity contribution in [1.29, 1.82) is 0 Å². The van der Waals surface area contributed by atoms with Gasteiger partial charge in [0.05, 0.1) is 18.2 Å². The van der Waals surface area contributed by atoms with Crippen LogP contribution in [-0.2, 0) is 21.4 Å². The number of rotatable bonds is 6. The van der Waals surface area contributed by atoms with Gasteiger partial charge in [0, 0.05) is 18.7 Å². The number of benzene rings is 1. The molecule has 0 saturated carbocycles. The average molecular weight is 356 g/mol. The van der Waals surface area contributed by atoms with Gasteiger partial charge in [-0.2, -0.15) is 0 Å². The summed E-state index contributed by atoms with van der Waals surface area (Å²) in [5.41, 5.74) is -0.736. The van der Waals surface area contributed by atoms with Crippen molar-refractivity contribution in [3.63, 3.8) is 0 Å². The van der Waals surface area contributed by atoms with Crippen molar-refractivity contribution in [2.24, 2.45) is 0 Å². The largest absolute Gasteiger partial charge is 0.469 e. The van der Waals surface area contributed by atoms with Gasteiger partial charge >= 0.3 is 0 Å². The molecule has 6 nitrogen and oxygen atoms in total. The molecule has 1 unspecified atom stereocenters. The first-order valence-electron chi connectivity index (χ1n) is 8.68. The summed E-state index contributed by atoms with van der Waals surface area (Å²) < 4.78 is 5.22. The monoisotopic (exact) mass is 356 g/mol. The van der Waals surface area contributed by atoms with Crippen molar-refractivity contribution in [3.8, 4) is 0 Å². The summed E-state index contributed by atoms with van der Waals surface area (Å²) in [6, 6.07) is 11.1. The number of para-hydroxylation sites is 1. The first-order chi connectivity index (χ1) is 12.2. The van der Waals surface area contributed by atoms with Gasteiger partial charge in [0.2, 0.25) is 5.91 Å². The van der Waals surface area contributed by atoms with Crippen LogP contribution < -0.4 is 10.2 Å². The number of amides is 2. The van der Waals surface area contributed by atoms with Crippen LogP contribution in [0.5, 0.6) is 0 Å². The van der Waals surface area contributed by atoms with E-state index in [2.05, 4.69) is 5.32 Å². The predicted molar refractivity (Wildman–Crippen MR) is 97.9 cm³/mol. The minimum absolute atomic E-state index is 0.0984. The first-order valence-corrected chi connectivity index (χ1v) is 8.68. The lowest BCUT2D eigenvalue weighted by Crippen LogP contribution is -2.54. The van der Waals surface area contributed by atoms with Crippen LogP contribution in [0, 0.1) is 0 Å². The fraction of sp³-hybridized carbons (Fsp3) is 0.400. The second-order valence-corrected chi connectivity index (χ2v) is 7.39. The zero-order chi connectivity index (χ0) is 18.9. The van der Waals surface area contributed by atoms with Gasteiger partial charge in [0.15, 0.2) is 5.60 Å². The molecule has 3 rings (SSSR count). The molecular weight excluding hydrogens is 332 g/mol. The second-order valence-electron chi connectivity index (χ2n) is 7.39. The Hall–Kier alpha value is -2.60. The Morgan fingerprint density at radius 1 is 1.27 bits per heavy atom. The number of furan rings is 1. The van der Waals surface area contributed by atoms with Crippen LogP contribution in [0.15, 0.2) is 47.1 Å². The maximum atomic E-state index is 12.8. The SMILES string of the molecule is CC(O)(CN1C(=O)C(C)(C)c2ccccc21)C(=O)NCCc1ccco1. The standard InChI is InChI=1S/C20H24N2O4/c1-19(2)15-8-4-5-9-16(15)22(18(19)24)13-20(3,25)17(23)21-11-10-14-7-6-12-26-14/h4-9,12,25H,10-11,13H2,1-3H3,(H,21,23). The zero-order valence-corrected chi connectivity index (χ0v) is 15.3. The average Bonchev–Trinajstić information content (AvgIpc) is 3.17. The highest BCUT2D eigenvalue weighted by Gasteiger charge is 2.46. The highest BCUT2D eigenvalue weighted by molar-refractivity contribution is 6.08. The van der Waals surface area contributed by atoms with E-state index in [-0.39, 0.29) is 12.5 Å². The van der Waals surface area contributed by atoms with Crippen molar-refractivity contribution < 1.29 is 19.1 Å². The summed E-state index contributed by atoms with van der Waals surface area (Å²) in [6.07, 6.45) is 2.11. The number of nitrogens with zero attached hydrogens (tertiary/aromatic N) is 1. The number of anilines is 1. The van der Waals surface area contributed by atoms with E-state index in [1.54, 1.807) is 12.3 Å². The van der Waals surface area contributed by atoms with Crippen molar-refractivity contribution in [1.82, 2.24) is 5.32 Å². The third kappa shape index (κ3) is 3.24. The lowest BCUT2D eigenvalue weighted by atomic mass is 9.86. The molecule has 2 amide bonds. The molecule has 1 aliphatic heterocycles. The number of hydrogen-bond donors (Lipinski definition) is 2. The quantitative estimate of drug-likeness (QED) is 0.829. The Balaban J connectivity index is 1.68. The molecule has 1 aliphatic rings. The summed E-state index contributed by atoms with van der Waals surface area (Å²) in [5, 5.41) is 13.4. The van der Waals surface area contributed by atoms with Crippen LogP contribution in [0.4, 0.5) is 5.69 Å². The molecule has 1 atom stereocenters. The molecule has 138 valence electrons. The van der Waals surface area contributed by atoms with E-state index in [0.717, 1.165) is 17.0 Å². The Morgan fingerprint density at radius 3 is 2.69 bits per heavy atom. The van der Waals surface area contributed by atoms with Crippen LogP contribution in [0.25, 0.3) is 0 Å². The Morgan fingerprint density at radius 2 is 2.00 bits per heavy atom. The van der Waals surface area contributed by atoms with Crippen molar-refractivity contribution in [3.05, 3.63) is 54.0 Å². The van der Waals surface area contributed by atoms with Crippen LogP contribution in [-0.4, -0.2) is 35.6 Å². The molecule has 1 aromatic heterocycles. The number of nitrogens with one attached hydrogen (secondary N) is 1. The van der Waals surface area contributed by atoms with Crippen molar-refractivity contribution >= 4 is 17.5 Å². The predicted octanol–water partition coefficient (Wildman–Crippen LogP) is 2.01. The molecule has 1 aromatic carbocycles. The molecule has 0 radical (unpaired) electrons. The van der Waals surface area contributed by atoms with Crippen molar-refractivity contribution in [2.75, 3.05) is 18.0 Å². The summed E-state index contributed by atoms with van der Waals surface area (Å²) in [5.74, 6) is 0.122. The van der Waals surface area contributed by atoms with Gasteiger partial charge in [-0.3, -0.25) is 9.59 Å². The minimum atomic E-state index is -1.70. The third-order valence-corrected chi connectivity index (χ3v) is 4.84. The van der Waals surface area contributed by atoms with Gasteiger partial charge < -0.3 is 19.7 Å². The summed E-state index contributed by atoms with van der Waals surface area (Å²) in [7, 11) is 0. The van der Waals surface area contributed by atoms with E-state index in [1.165, 1.54) is 11.8 Å². The highest BCUT2D eigenvalue weighted by Crippen LogP contribution is 2.41. The van der Waals surface area contributed by atoms with Gasteiger partial charge in [-0.25, -0.2) is 0 Å². The molecule has 6 heteroatoms. The number of carbonyl (C=O) groups is 2. The fourth-order valence-electron chi connectivity index (χ4n) is 3.28. The zero-order valence-electron chi connectivity index (χ0n) is 15.3. The van der Waals surface area contributed by atoms with Gasteiger partial charge in [-0.15, -0.1) is 0 Å². The minimum Gasteiger partial charge on any atom is -0.469 e. The van der Waals surface area contributed by atoms with Gasteiger partial charge in [0.1, 0.15) is 5.76 Å². The van der Waals surface area contributed by atoms with E-state index < -0.39 is 16.9 Å². The second kappa shape index (κ2) is 6.61. The van der Waals surface area contributed by atoms with Crippen LogP contribution >= 0.6 is 0 Å². The van der Waals surface area contributed by atoms with E-state index in [9.17, 15) is 14.7 Å². The topological polar surface area (TPSA) is 82.8 Å².